The van der Waals surface area contributed by atoms with E-state index in [1.807, 2.05) is 0 Å². The summed E-state index contributed by atoms with van der Waals surface area (Å²) in [5.41, 5.74) is 0. The van der Waals surface area contributed by atoms with Gasteiger partial charge in [0.15, 0.2) is 0 Å². The summed E-state index contributed by atoms with van der Waals surface area (Å²) in [7, 11) is 0. The van der Waals surface area contributed by atoms with E-state index in [2.05, 4.69) is 10.6 Å². The van der Waals surface area contributed by atoms with E-state index < -0.39 is 5.97 Å². The van der Waals surface area contributed by atoms with Crippen molar-refractivity contribution in [3.63, 3.8) is 0 Å². The van der Waals surface area contributed by atoms with Crippen LogP contribution in [-0.4, -0.2) is 47.6 Å². The molecule has 0 unspecified atom stereocenters. The standard InChI is InChI=1S/C11H20N2O3S/c14-10(13-5-1-2-11(15)16)8-17-9-3-6-12-7-4-9/h9,12H,1-8H2,(H,13,14)(H,15,16). The number of piperidine rings is 1. The predicted molar refractivity (Wildman–Crippen MR) is 68.2 cm³/mol. The molecule has 3 N–H and O–H groups in total. The number of rotatable bonds is 7. The van der Waals surface area contributed by atoms with Crippen LogP contribution in [0.3, 0.4) is 0 Å². The second-order valence-electron chi connectivity index (χ2n) is 4.11. The lowest BCUT2D eigenvalue weighted by atomic mass is 10.2. The molecule has 0 aliphatic carbocycles. The summed E-state index contributed by atoms with van der Waals surface area (Å²) in [6, 6.07) is 0. The van der Waals surface area contributed by atoms with E-state index in [0.717, 1.165) is 25.9 Å². The Morgan fingerprint density at radius 1 is 1.35 bits per heavy atom. The summed E-state index contributed by atoms with van der Waals surface area (Å²) < 4.78 is 0. The Kier molecular flexibility index (Phi) is 7.04. The van der Waals surface area contributed by atoms with Gasteiger partial charge in [-0.05, 0) is 32.4 Å². The van der Waals surface area contributed by atoms with Gasteiger partial charge in [0.05, 0.1) is 5.75 Å². The number of hydrogen-bond donors (Lipinski definition) is 3. The second-order valence-corrected chi connectivity index (χ2v) is 5.40. The Morgan fingerprint density at radius 2 is 2.06 bits per heavy atom. The van der Waals surface area contributed by atoms with Gasteiger partial charge in [0, 0.05) is 18.2 Å². The van der Waals surface area contributed by atoms with Gasteiger partial charge in [-0.15, -0.1) is 11.8 Å². The zero-order valence-corrected chi connectivity index (χ0v) is 10.7. The van der Waals surface area contributed by atoms with Crippen molar-refractivity contribution in [3.8, 4) is 0 Å². The van der Waals surface area contributed by atoms with Gasteiger partial charge in [-0.2, -0.15) is 0 Å². The fourth-order valence-electron chi connectivity index (χ4n) is 1.67. The van der Waals surface area contributed by atoms with E-state index in [0.29, 0.717) is 24.0 Å². The molecule has 5 nitrogen and oxygen atoms in total. The van der Waals surface area contributed by atoms with Crippen LogP contribution in [0.2, 0.25) is 0 Å². The lowest BCUT2D eigenvalue weighted by Crippen LogP contribution is -2.31. The van der Waals surface area contributed by atoms with E-state index >= 15 is 0 Å². The molecule has 1 aliphatic heterocycles. The minimum atomic E-state index is -0.816. The average molecular weight is 260 g/mol. The molecule has 0 aromatic carbocycles. The van der Waals surface area contributed by atoms with Gasteiger partial charge in [0.2, 0.25) is 5.91 Å². The third-order valence-corrected chi connectivity index (χ3v) is 4.00. The van der Waals surface area contributed by atoms with Gasteiger partial charge < -0.3 is 15.7 Å². The van der Waals surface area contributed by atoms with Crippen molar-refractivity contribution in [3.05, 3.63) is 0 Å². The van der Waals surface area contributed by atoms with E-state index in [1.165, 1.54) is 0 Å². The first-order chi connectivity index (χ1) is 8.18. The summed E-state index contributed by atoms with van der Waals surface area (Å²) in [6.45, 7) is 2.54. The quantitative estimate of drug-likeness (QED) is 0.579. The molecule has 1 fully saturated rings. The van der Waals surface area contributed by atoms with Gasteiger partial charge in [-0.1, -0.05) is 0 Å². The van der Waals surface area contributed by atoms with Gasteiger partial charge in [0.1, 0.15) is 0 Å². The van der Waals surface area contributed by atoms with Crippen LogP contribution in [0.5, 0.6) is 0 Å². The van der Waals surface area contributed by atoms with Crippen molar-refractivity contribution in [2.24, 2.45) is 0 Å². The van der Waals surface area contributed by atoms with Gasteiger partial charge in [-0.25, -0.2) is 0 Å². The Hall–Kier alpha value is -0.750. The molecule has 0 saturated carbocycles. The van der Waals surface area contributed by atoms with Crippen molar-refractivity contribution in [1.29, 1.82) is 0 Å². The van der Waals surface area contributed by atoms with Crippen molar-refractivity contribution < 1.29 is 14.7 Å². The number of carbonyl (C=O) groups is 2. The molecule has 0 radical (unpaired) electrons. The fraction of sp³-hybridized carbons (Fsp3) is 0.818. The van der Waals surface area contributed by atoms with Gasteiger partial charge in [0.25, 0.3) is 0 Å². The first-order valence-electron chi connectivity index (χ1n) is 5.99. The monoisotopic (exact) mass is 260 g/mol. The molecule has 0 atom stereocenters. The summed E-state index contributed by atoms with van der Waals surface area (Å²) in [5, 5.41) is 15.0. The lowest BCUT2D eigenvalue weighted by Gasteiger charge is -2.21. The molecule has 1 aliphatic rings. The van der Waals surface area contributed by atoms with E-state index in [9.17, 15) is 9.59 Å². The molecule has 1 rings (SSSR count). The Balaban J connectivity index is 1.98. The van der Waals surface area contributed by atoms with Crippen LogP contribution in [0.1, 0.15) is 25.7 Å². The highest BCUT2D eigenvalue weighted by Gasteiger charge is 2.14. The van der Waals surface area contributed by atoms with Crippen LogP contribution in [0.25, 0.3) is 0 Å². The van der Waals surface area contributed by atoms with Crippen LogP contribution >= 0.6 is 11.8 Å². The Morgan fingerprint density at radius 3 is 2.71 bits per heavy atom. The topological polar surface area (TPSA) is 78.4 Å². The van der Waals surface area contributed by atoms with E-state index in [4.69, 9.17) is 5.11 Å². The summed E-state index contributed by atoms with van der Waals surface area (Å²) >= 11 is 1.70. The average Bonchev–Trinajstić information content (AvgIpc) is 2.33. The third-order valence-electron chi connectivity index (χ3n) is 2.63. The van der Waals surface area contributed by atoms with Crippen molar-refractivity contribution in [2.75, 3.05) is 25.4 Å². The fourth-order valence-corrected chi connectivity index (χ4v) is 2.73. The molecule has 98 valence electrons. The molecular weight excluding hydrogens is 240 g/mol. The Bertz CT molecular complexity index is 255. The van der Waals surface area contributed by atoms with Crippen LogP contribution in [0, 0.1) is 0 Å². The molecule has 6 heteroatoms. The van der Waals surface area contributed by atoms with Gasteiger partial charge >= 0.3 is 5.97 Å². The normalized spacial score (nSPS) is 16.7. The largest absolute Gasteiger partial charge is 0.481 e. The van der Waals surface area contributed by atoms with E-state index in [1.54, 1.807) is 11.8 Å². The SMILES string of the molecule is O=C(O)CCCNC(=O)CSC1CCNCC1. The molecule has 0 spiro atoms. The first-order valence-corrected chi connectivity index (χ1v) is 7.04. The summed E-state index contributed by atoms with van der Waals surface area (Å²) in [4.78, 5) is 21.7. The zero-order chi connectivity index (χ0) is 12.5. The number of carbonyl (C=O) groups excluding carboxylic acids is 1. The molecular formula is C11H20N2O3S. The lowest BCUT2D eigenvalue weighted by molar-refractivity contribution is -0.137. The number of nitrogens with one attached hydrogen (secondary N) is 2. The molecule has 0 aromatic rings. The number of aliphatic carboxylic acids is 1. The minimum Gasteiger partial charge on any atom is -0.481 e. The number of amides is 1. The molecule has 1 heterocycles. The highest BCUT2D eigenvalue weighted by atomic mass is 32.2. The molecule has 1 amide bonds. The minimum absolute atomic E-state index is 0.0129. The maximum Gasteiger partial charge on any atom is 0.303 e. The first kappa shape index (κ1) is 14.3. The third kappa shape index (κ3) is 7.23. The van der Waals surface area contributed by atoms with Crippen molar-refractivity contribution >= 4 is 23.6 Å². The highest BCUT2D eigenvalue weighted by molar-refractivity contribution is 8.00. The zero-order valence-electron chi connectivity index (χ0n) is 9.91. The Labute approximate surface area is 106 Å². The number of carboxylic acids is 1. The molecule has 1 saturated heterocycles. The number of carboxylic acid groups (broad SMARTS) is 1. The van der Waals surface area contributed by atoms with Crippen LogP contribution in [0.15, 0.2) is 0 Å². The van der Waals surface area contributed by atoms with Crippen LogP contribution < -0.4 is 10.6 Å². The van der Waals surface area contributed by atoms with Crippen LogP contribution in [-0.2, 0) is 9.59 Å². The predicted octanol–water partition coefficient (Wildman–Crippen LogP) is 0.453. The summed E-state index contributed by atoms with van der Waals surface area (Å²) in [6.07, 6.45) is 2.86. The highest BCUT2D eigenvalue weighted by Crippen LogP contribution is 2.19. The molecule has 0 aromatic heterocycles. The second kappa shape index (κ2) is 8.36. The summed E-state index contributed by atoms with van der Waals surface area (Å²) in [5.74, 6) is -0.320. The molecule has 17 heavy (non-hydrogen) atoms. The molecule has 0 bridgehead atoms. The smallest absolute Gasteiger partial charge is 0.303 e. The number of thioether (sulfide) groups is 1. The van der Waals surface area contributed by atoms with Crippen molar-refractivity contribution in [1.82, 2.24) is 10.6 Å². The van der Waals surface area contributed by atoms with Crippen LogP contribution in [0.4, 0.5) is 0 Å². The van der Waals surface area contributed by atoms with Gasteiger partial charge in [-0.3, -0.25) is 9.59 Å². The van der Waals surface area contributed by atoms with Crippen molar-refractivity contribution in [2.45, 2.75) is 30.9 Å². The maximum atomic E-state index is 11.4. The maximum absolute atomic E-state index is 11.4. The van der Waals surface area contributed by atoms with E-state index in [-0.39, 0.29) is 12.3 Å². The number of hydrogen-bond acceptors (Lipinski definition) is 4.